The molecule has 0 spiro atoms. The van der Waals surface area contributed by atoms with Crippen molar-refractivity contribution in [1.82, 2.24) is 0 Å². The van der Waals surface area contributed by atoms with E-state index >= 15 is 0 Å². The summed E-state index contributed by atoms with van der Waals surface area (Å²) in [5.74, 6) is 1.05. The van der Waals surface area contributed by atoms with Crippen LogP contribution in [0.1, 0.15) is 33.6 Å². The largest absolute Gasteiger partial charge is 0.251 e. The summed E-state index contributed by atoms with van der Waals surface area (Å²) in [4.78, 5) is 0. The summed E-state index contributed by atoms with van der Waals surface area (Å²) in [6.07, 6.45) is 2.27. The van der Waals surface area contributed by atoms with E-state index in [9.17, 15) is 4.39 Å². The van der Waals surface area contributed by atoms with Crippen LogP contribution in [0.5, 0.6) is 0 Å². The maximum atomic E-state index is 12.2. The Morgan fingerprint density at radius 3 is 2.30 bits per heavy atom. The zero-order valence-corrected chi connectivity index (χ0v) is 7.15. The van der Waals surface area contributed by atoms with Gasteiger partial charge < -0.3 is 0 Å². The molecule has 2 unspecified atom stereocenters. The summed E-state index contributed by atoms with van der Waals surface area (Å²) in [5, 5.41) is 0. The Kier molecular flexibility index (Phi) is 2.02. The van der Waals surface area contributed by atoms with Crippen LogP contribution >= 0.6 is 0 Å². The summed E-state index contributed by atoms with van der Waals surface area (Å²) in [5.41, 5.74) is 0.384. The molecule has 0 aliphatic heterocycles. The van der Waals surface area contributed by atoms with Crippen LogP contribution in [0.15, 0.2) is 0 Å². The van der Waals surface area contributed by atoms with E-state index in [1.54, 1.807) is 0 Å². The predicted octanol–water partition coefficient (Wildman–Crippen LogP) is 3.03. The van der Waals surface area contributed by atoms with Gasteiger partial charge in [-0.15, -0.1) is 0 Å². The van der Waals surface area contributed by atoms with E-state index in [-0.39, 0.29) is 6.67 Å². The Morgan fingerprint density at radius 2 is 2.20 bits per heavy atom. The molecule has 0 aromatic carbocycles. The Balaban J connectivity index is 2.50. The Morgan fingerprint density at radius 1 is 1.60 bits per heavy atom. The molecular formula is C9H17F. The first kappa shape index (κ1) is 8.03. The summed E-state index contributed by atoms with van der Waals surface area (Å²) in [6, 6.07) is 0. The van der Waals surface area contributed by atoms with Crippen LogP contribution in [-0.2, 0) is 0 Å². The van der Waals surface area contributed by atoms with Gasteiger partial charge in [0.2, 0.25) is 0 Å². The molecule has 60 valence electrons. The predicted molar refractivity (Wildman–Crippen MR) is 41.6 cm³/mol. The minimum absolute atomic E-state index is 0.105. The molecule has 0 radical (unpaired) electrons. The molecule has 0 N–H and O–H groups in total. The van der Waals surface area contributed by atoms with Crippen LogP contribution in [0.2, 0.25) is 0 Å². The van der Waals surface area contributed by atoms with Crippen molar-refractivity contribution in [1.29, 1.82) is 0 Å². The molecule has 0 aromatic heterocycles. The molecule has 1 heteroatoms. The van der Waals surface area contributed by atoms with Gasteiger partial charge in [0.25, 0.3) is 0 Å². The summed E-state index contributed by atoms with van der Waals surface area (Å²) < 4.78 is 12.2. The van der Waals surface area contributed by atoms with Gasteiger partial charge in [-0.3, -0.25) is 4.39 Å². The van der Waals surface area contributed by atoms with Gasteiger partial charge >= 0.3 is 0 Å². The Labute approximate surface area is 62.8 Å². The third-order valence-corrected chi connectivity index (χ3v) is 3.27. The molecule has 2 atom stereocenters. The fraction of sp³-hybridized carbons (Fsp3) is 1.00. The van der Waals surface area contributed by atoms with E-state index in [0.717, 1.165) is 12.8 Å². The maximum absolute atomic E-state index is 12.2. The van der Waals surface area contributed by atoms with E-state index in [1.165, 1.54) is 0 Å². The lowest BCUT2D eigenvalue weighted by Crippen LogP contribution is -2.11. The standard InChI is InChI=1S/C9H17F/c1-4-9(7(2)3)5-8(9)6-10/h7-8H,4-6H2,1-3H3. The van der Waals surface area contributed by atoms with E-state index in [1.807, 2.05) is 0 Å². The van der Waals surface area contributed by atoms with Gasteiger partial charge in [-0.05, 0) is 30.1 Å². The minimum Gasteiger partial charge on any atom is -0.251 e. The average Bonchev–Trinajstić information content (AvgIpc) is 2.62. The number of hydrogen-bond donors (Lipinski definition) is 0. The molecule has 1 saturated carbocycles. The van der Waals surface area contributed by atoms with Crippen molar-refractivity contribution >= 4 is 0 Å². The van der Waals surface area contributed by atoms with Gasteiger partial charge in [-0.2, -0.15) is 0 Å². The van der Waals surface area contributed by atoms with Gasteiger partial charge in [0.1, 0.15) is 0 Å². The van der Waals surface area contributed by atoms with E-state index < -0.39 is 0 Å². The molecule has 1 fully saturated rings. The van der Waals surface area contributed by atoms with E-state index in [2.05, 4.69) is 20.8 Å². The van der Waals surface area contributed by atoms with Gasteiger partial charge in [-0.1, -0.05) is 20.8 Å². The Bertz CT molecular complexity index is 120. The van der Waals surface area contributed by atoms with Crippen molar-refractivity contribution < 1.29 is 4.39 Å². The minimum atomic E-state index is -0.105. The first-order valence-electron chi connectivity index (χ1n) is 4.23. The second-order valence-electron chi connectivity index (χ2n) is 3.80. The maximum Gasteiger partial charge on any atom is 0.0928 e. The molecular weight excluding hydrogens is 127 g/mol. The number of hydrogen-bond acceptors (Lipinski definition) is 0. The summed E-state index contributed by atoms with van der Waals surface area (Å²) in [7, 11) is 0. The van der Waals surface area contributed by atoms with Crippen molar-refractivity contribution in [2.45, 2.75) is 33.6 Å². The molecule has 0 bridgehead atoms. The summed E-state index contributed by atoms with van der Waals surface area (Å²) >= 11 is 0. The second kappa shape index (κ2) is 2.52. The quantitative estimate of drug-likeness (QED) is 0.571. The van der Waals surface area contributed by atoms with Gasteiger partial charge in [-0.25, -0.2) is 0 Å². The first-order chi connectivity index (χ1) is 4.67. The average molecular weight is 144 g/mol. The molecule has 0 aromatic rings. The third-order valence-electron chi connectivity index (χ3n) is 3.27. The highest BCUT2D eigenvalue weighted by Gasteiger charge is 2.54. The van der Waals surface area contributed by atoms with E-state index in [0.29, 0.717) is 17.3 Å². The monoisotopic (exact) mass is 144 g/mol. The van der Waals surface area contributed by atoms with Crippen molar-refractivity contribution in [2.75, 3.05) is 6.67 Å². The second-order valence-corrected chi connectivity index (χ2v) is 3.80. The van der Waals surface area contributed by atoms with Crippen LogP contribution < -0.4 is 0 Å². The molecule has 0 heterocycles. The third kappa shape index (κ3) is 0.959. The molecule has 1 aliphatic rings. The number of halogens is 1. The van der Waals surface area contributed by atoms with Crippen LogP contribution in [0.3, 0.4) is 0 Å². The summed E-state index contributed by atoms with van der Waals surface area (Å²) in [6.45, 7) is 6.49. The Hall–Kier alpha value is -0.0700. The molecule has 0 amide bonds. The highest BCUT2D eigenvalue weighted by molar-refractivity contribution is 5.02. The van der Waals surface area contributed by atoms with Crippen LogP contribution in [0, 0.1) is 17.3 Å². The number of alkyl halides is 1. The van der Waals surface area contributed by atoms with Gasteiger partial charge in [0.15, 0.2) is 0 Å². The van der Waals surface area contributed by atoms with Crippen molar-refractivity contribution in [3.63, 3.8) is 0 Å². The zero-order chi connectivity index (χ0) is 7.78. The topological polar surface area (TPSA) is 0 Å². The number of rotatable bonds is 3. The molecule has 1 rings (SSSR count). The van der Waals surface area contributed by atoms with Crippen molar-refractivity contribution in [3.8, 4) is 0 Å². The van der Waals surface area contributed by atoms with Gasteiger partial charge in [0, 0.05) is 0 Å². The lowest BCUT2D eigenvalue weighted by Gasteiger charge is -2.18. The fourth-order valence-corrected chi connectivity index (χ4v) is 2.16. The van der Waals surface area contributed by atoms with E-state index in [4.69, 9.17) is 0 Å². The normalized spacial score (nSPS) is 38.7. The smallest absolute Gasteiger partial charge is 0.0928 e. The highest BCUT2D eigenvalue weighted by atomic mass is 19.1. The molecule has 1 aliphatic carbocycles. The van der Waals surface area contributed by atoms with Gasteiger partial charge in [0.05, 0.1) is 6.67 Å². The molecule has 0 nitrogen and oxygen atoms in total. The lowest BCUT2D eigenvalue weighted by molar-refractivity contribution is 0.284. The highest BCUT2D eigenvalue weighted by Crippen LogP contribution is 2.60. The fourth-order valence-electron chi connectivity index (χ4n) is 2.16. The van der Waals surface area contributed by atoms with Crippen LogP contribution in [0.4, 0.5) is 4.39 Å². The van der Waals surface area contributed by atoms with Crippen LogP contribution in [0.25, 0.3) is 0 Å². The SMILES string of the molecule is CCC1(C(C)C)CC1CF. The first-order valence-corrected chi connectivity index (χ1v) is 4.23. The van der Waals surface area contributed by atoms with Crippen molar-refractivity contribution in [3.05, 3.63) is 0 Å². The molecule has 10 heavy (non-hydrogen) atoms. The lowest BCUT2D eigenvalue weighted by atomic mass is 9.87. The molecule has 0 saturated heterocycles. The van der Waals surface area contributed by atoms with Crippen LogP contribution in [-0.4, -0.2) is 6.67 Å². The van der Waals surface area contributed by atoms with Crippen molar-refractivity contribution in [2.24, 2.45) is 17.3 Å². The zero-order valence-electron chi connectivity index (χ0n) is 7.15.